The number of amides is 2. The molecular weight excluding hydrogens is 442 g/mol. The SMILES string of the molecule is CC[C@@H](C(=O)NC)N(Cc1c(Cl)cccc1Cl)C(=O)Cc1c(Cl)cccc1Cl. The first-order valence-corrected chi connectivity index (χ1v) is 10.2. The second-order valence-electron chi connectivity index (χ2n) is 6.14. The summed E-state index contributed by atoms with van der Waals surface area (Å²) in [6, 6.07) is 9.46. The lowest BCUT2D eigenvalue weighted by Crippen LogP contribution is -2.48. The van der Waals surface area contributed by atoms with Crippen LogP contribution in [0.4, 0.5) is 0 Å². The van der Waals surface area contributed by atoms with Crippen LogP contribution < -0.4 is 5.32 Å². The first-order valence-electron chi connectivity index (χ1n) is 8.66. The highest BCUT2D eigenvalue weighted by atomic mass is 35.5. The highest BCUT2D eigenvalue weighted by Crippen LogP contribution is 2.29. The molecular formula is C20H20Cl4N2O2. The Morgan fingerprint density at radius 3 is 1.82 bits per heavy atom. The molecule has 0 fully saturated rings. The second-order valence-corrected chi connectivity index (χ2v) is 7.77. The van der Waals surface area contributed by atoms with Crippen LogP contribution in [0.2, 0.25) is 20.1 Å². The third-order valence-corrected chi connectivity index (χ3v) is 5.83. The van der Waals surface area contributed by atoms with Crippen LogP contribution in [0, 0.1) is 0 Å². The van der Waals surface area contributed by atoms with Crippen molar-refractivity contribution in [1.82, 2.24) is 10.2 Å². The minimum absolute atomic E-state index is 0.0475. The van der Waals surface area contributed by atoms with E-state index in [-0.39, 0.29) is 24.8 Å². The van der Waals surface area contributed by atoms with E-state index in [9.17, 15) is 9.59 Å². The van der Waals surface area contributed by atoms with Crippen molar-refractivity contribution in [2.75, 3.05) is 7.05 Å². The van der Waals surface area contributed by atoms with Gasteiger partial charge in [0.05, 0.1) is 6.42 Å². The van der Waals surface area contributed by atoms with Gasteiger partial charge < -0.3 is 10.2 Å². The Kier molecular flexibility index (Phi) is 8.44. The van der Waals surface area contributed by atoms with Gasteiger partial charge in [-0.15, -0.1) is 0 Å². The van der Waals surface area contributed by atoms with Crippen LogP contribution in [0.25, 0.3) is 0 Å². The Morgan fingerprint density at radius 2 is 1.39 bits per heavy atom. The fraction of sp³-hybridized carbons (Fsp3) is 0.300. The van der Waals surface area contributed by atoms with Crippen LogP contribution in [0.3, 0.4) is 0 Å². The van der Waals surface area contributed by atoms with Crippen molar-refractivity contribution >= 4 is 58.2 Å². The van der Waals surface area contributed by atoms with E-state index in [2.05, 4.69) is 5.32 Å². The van der Waals surface area contributed by atoms with Crippen molar-refractivity contribution in [1.29, 1.82) is 0 Å². The van der Waals surface area contributed by atoms with Crippen LogP contribution in [-0.4, -0.2) is 29.8 Å². The molecule has 2 amide bonds. The average Bonchev–Trinajstić information content (AvgIpc) is 2.66. The van der Waals surface area contributed by atoms with Gasteiger partial charge in [0.25, 0.3) is 0 Å². The summed E-state index contributed by atoms with van der Waals surface area (Å²) >= 11 is 25.0. The molecule has 150 valence electrons. The Bertz CT molecular complexity index is 833. The first kappa shape index (κ1) is 22.8. The summed E-state index contributed by atoms with van der Waals surface area (Å²) < 4.78 is 0. The minimum Gasteiger partial charge on any atom is -0.357 e. The second kappa shape index (κ2) is 10.4. The molecule has 2 aromatic rings. The molecule has 0 aliphatic heterocycles. The summed E-state index contributed by atoms with van der Waals surface area (Å²) in [7, 11) is 1.53. The van der Waals surface area contributed by atoms with Gasteiger partial charge in [0.15, 0.2) is 0 Å². The molecule has 0 bridgehead atoms. The number of nitrogens with zero attached hydrogens (tertiary/aromatic N) is 1. The highest BCUT2D eigenvalue weighted by Gasteiger charge is 2.29. The van der Waals surface area contributed by atoms with Crippen molar-refractivity contribution < 1.29 is 9.59 Å². The van der Waals surface area contributed by atoms with Gasteiger partial charge in [-0.05, 0) is 36.2 Å². The molecule has 0 heterocycles. The fourth-order valence-corrected chi connectivity index (χ4v) is 3.94. The number of halogens is 4. The normalized spacial score (nSPS) is 11.8. The van der Waals surface area contributed by atoms with E-state index in [4.69, 9.17) is 46.4 Å². The number of carbonyl (C=O) groups is 2. The van der Waals surface area contributed by atoms with Gasteiger partial charge in [0.1, 0.15) is 6.04 Å². The fourth-order valence-electron chi connectivity index (χ4n) is 2.89. The predicted octanol–water partition coefficient (Wildman–Crippen LogP) is 5.40. The average molecular weight is 462 g/mol. The standard InChI is InChI=1S/C20H20Cl4N2O2/c1-3-18(20(28)25-2)26(11-13-16(23)8-5-9-17(13)24)19(27)10-12-14(21)6-4-7-15(12)22/h4-9,18H,3,10-11H2,1-2H3,(H,25,28)/t18-/m0/s1. The first-order chi connectivity index (χ1) is 13.3. The van der Waals surface area contributed by atoms with E-state index in [0.717, 1.165) is 0 Å². The summed E-state index contributed by atoms with van der Waals surface area (Å²) in [6.45, 7) is 1.92. The minimum atomic E-state index is -0.689. The lowest BCUT2D eigenvalue weighted by molar-refractivity contribution is -0.140. The maximum Gasteiger partial charge on any atom is 0.242 e. The maximum absolute atomic E-state index is 13.2. The highest BCUT2D eigenvalue weighted by molar-refractivity contribution is 6.36. The molecule has 0 aliphatic rings. The van der Waals surface area contributed by atoms with Gasteiger partial charge >= 0.3 is 0 Å². The Labute approximate surface area is 184 Å². The van der Waals surface area contributed by atoms with Gasteiger partial charge in [0, 0.05) is 39.2 Å². The number of rotatable bonds is 7. The number of likely N-dealkylation sites (N-methyl/N-ethyl adjacent to an activating group) is 1. The van der Waals surface area contributed by atoms with Gasteiger partial charge in [-0.1, -0.05) is 65.5 Å². The van der Waals surface area contributed by atoms with Crippen molar-refractivity contribution in [2.45, 2.75) is 32.4 Å². The molecule has 2 rings (SSSR count). The summed E-state index contributed by atoms with van der Waals surface area (Å²) in [4.78, 5) is 27.1. The third-order valence-electron chi connectivity index (χ3n) is 4.41. The summed E-state index contributed by atoms with van der Waals surface area (Å²) in [5.41, 5.74) is 1.09. The molecule has 1 atom stereocenters. The molecule has 0 aromatic heterocycles. The molecule has 28 heavy (non-hydrogen) atoms. The summed E-state index contributed by atoms with van der Waals surface area (Å²) in [5.74, 6) is -0.578. The van der Waals surface area contributed by atoms with E-state index < -0.39 is 6.04 Å². The molecule has 0 saturated heterocycles. The molecule has 8 heteroatoms. The Hall–Kier alpha value is -1.46. The number of nitrogens with one attached hydrogen (secondary N) is 1. The van der Waals surface area contributed by atoms with Crippen LogP contribution in [-0.2, 0) is 22.6 Å². The smallest absolute Gasteiger partial charge is 0.242 e. The van der Waals surface area contributed by atoms with Gasteiger partial charge in [-0.25, -0.2) is 0 Å². The van der Waals surface area contributed by atoms with Crippen molar-refractivity contribution in [2.24, 2.45) is 0 Å². The largest absolute Gasteiger partial charge is 0.357 e. The van der Waals surface area contributed by atoms with Crippen LogP contribution >= 0.6 is 46.4 Å². The van der Waals surface area contributed by atoms with Gasteiger partial charge in [-0.3, -0.25) is 9.59 Å². The topological polar surface area (TPSA) is 49.4 Å². The zero-order valence-electron chi connectivity index (χ0n) is 15.4. The molecule has 0 saturated carbocycles. The van der Waals surface area contributed by atoms with E-state index in [0.29, 0.717) is 37.6 Å². The lowest BCUT2D eigenvalue weighted by atomic mass is 10.1. The Balaban J connectivity index is 2.42. The molecule has 1 N–H and O–H groups in total. The quantitative estimate of drug-likeness (QED) is 0.600. The number of hydrogen-bond acceptors (Lipinski definition) is 2. The van der Waals surface area contributed by atoms with Crippen molar-refractivity contribution in [3.63, 3.8) is 0 Å². The third kappa shape index (κ3) is 5.32. The van der Waals surface area contributed by atoms with E-state index in [1.54, 1.807) is 36.4 Å². The molecule has 0 unspecified atom stereocenters. The van der Waals surface area contributed by atoms with E-state index in [1.165, 1.54) is 11.9 Å². The van der Waals surface area contributed by atoms with E-state index in [1.807, 2.05) is 6.92 Å². The predicted molar refractivity (Wildman–Crippen MR) is 115 cm³/mol. The van der Waals surface area contributed by atoms with Crippen molar-refractivity contribution in [3.8, 4) is 0 Å². The lowest BCUT2D eigenvalue weighted by Gasteiger charge is -2.31. The maximum atomic E-state index is 13.2. The monoisotopic (exact) mass is 460 g/mol. The summed E-state index contributed by atoms with van der Waals surface area (Å²) in [5, 5.41) is 4.24. The van der Waals surface area contributed by atoms with Crippen molar-refractivity contribution in [3.05, 3.63) is 67.6 Å². The molecule has 0 radical (unpaired) electrons. The van der Waals surface area contributed by atoms with Crippen LogP contribution in [0.5, 0.6) is 0 Å². The molecule has 4 nitrogen and oxygen atoms in total. The van der Waals surface area contributed by atoms with Crippen LogP contribution in [0.15, 0.2) is 36.4 Å². The molecule has 0 aliphatic carbocycles. The zero-order valence-corrected chi connectivity index (χ0v) is 18.5. The Morgan fingerprint density at radius 1 is 0.929 bits per heavy atom. The molecule has 0 spiro atoms. The van der Waals surface area contributed by atoms with E-state index >= 15 is 0 Å². The van der Waals surface area contributed by atoms with Crippen LogP contribution in [0.1, 0.15) is 24.5 Å². The number of hydrogen-bond donors (Lipinski definition) is 1. The van der Waals surface area contributed by atoms with Gasteiger partial charge in [0.2, 0.25) is 11.8 Å². The zero-order chi connectivity index (χ0) is 20.8. The number of benzene rings is 2. The summed E-state index contributed by atoms with van der Waals surface area (Å²) in [6.07, 6.45) is 0.373. The van der Waals surface area contributed by atoms with Gasteiger partial charge in [-0.2, -0.15) is 0 Å². The molecule has 2 aromatic carbocycles. The number of carbonyl (C=O) groups excluding carboxylic acids is 2.